The molecule has 1 fully saturated rings. The van der Waals surface area contributed by atoms with Gasteiger partial charge < -0.3 is 9.64 Å². The van der Waals surface area contributed by atoms with Crippen molar-refractivity contribution in [3.63, 3.8) is 0 Å². The van der Waals surface area contributed by atoms with Gasteiger partial charge >= 0.3 is 5.97 Å². The second-order valence-corrected chi connectivity index (χ2v) is 7.82. The summed E-state index contributed by atoms with van der Waals surface area (Å²) >= 11 is 0. The first-order valence-corrected chi connectivity index (χ1v) is 8.16. The fraction of sp³-hybridized carbons (Fsp3) is 0.833. The van der Waals surface area contributed by atoms with E-state index in [0.717, 1.165) is 19.1 Å². The van der Waals surface area contributed by atoms with Gasteiger partial charge in [-0.1, -0.05) is 0 Å². The van der Waals surface area contributed by atoms with Gasteiger partial charge in [0.15, 0.2) is 9.84 Å². The summed E-state index contributed by atoms with van der Waals surface area (Å²) in [5, 5.41) is 0. The summed E-state index contributed by atoms with van der Waals surface area (Å²) in [7, 11) is -3.54. The third-order valence-corrected chi connectivity index (χ3v) is 5.32. The van der Waals surface area contributed by atoms with Crippen LogP contribution in [-0.2, 0) is 24.2 Å². The Balaban J connectivity index is 2.88. The average molecular weight is 291 g/mol. The van der Waals surface area contributed by atoms with E-state index in [0.29, 0.717) is 0 Å². The summed E-state index contributed by atoms with van der Waals surface area (Å²) in [4.78, 5) is 25.2. The van der Waals surface area contributed by atoms with Crippen LogP contribution in [0.2, 0.25) is 0 Å². The van der Waals surface area contributed by atoms with E-state index in [4.69, 9.17) is 4.74 Å². The van der Waals surface area contributed by atoms with Gasteiger partial charge in [0.2, 0.25) is 5.91 Å². The fourth-order valence-corrected chi connectivity index (χ4v) is 2.04. The van der Waals surface area contributed by atoms with Crippen LogP contribution in [0.5, 0.6) is 0 Å². The van der Waals surface area contributed by atoms with Crippen LogP contribution in [0.15, 0.2) is 0 Å². The molecule has 1 saturated carbocycles. The van der Waals surface area contributed by atoms with Crippen LogP contribution in [0, 0.1) is 0 Å². The smallest absolute Gasteiger partial charge is 0.325 e. The van der Waals surface area contributed by atoms with Crippen LogP contribution < -0.4 is 0 Å². The maximum Gasteiger partial charge on any atom is 0.325 e. The molecule has 0 radical (unpaired) electrons. The summed E-state index contributed by atoms with van der Waals surface area (Å²) in [5.74, 6) is -1.04. The van der Waals surface area contributed by atoms with E-state index in [2.05, 4.69) is 0 Å². The molecule has 0 saturated heterocycles. The quantitative estimate of drug-likeness (QED) is 0.660. The molecule has 0 aromatic heterocycles. The van der Waals surface area contributed by atoms with Crippen molar-refractivity contribution in [2.24, 2.45) is 0 Å². The molecule has 0 unspecified atom stereocenters. The summed E-state index contributed by atoms with van der Waals surface area (Å²) in [6, 6.07) is -0.0436. The Labute approximate surface area is 114 Å². The van der Waals surface area contributed by atoms with Crippen molar-refractivity contribution in [2.75, 3.05) is 19.4 Å². The van der Waals surface area contributed by atoms with Crippen molar-refractivity contribution in [2.45, 2.75) is 44.4 Å². The van der Waals surface area contributed by atoms with Gasteiger partial charge in [-0.15, -0.1) is 0 Å². The molecule has 1 rings (SSSR count). The number of nitrogens with zero attached hydrogens (tertiary/aromatic N) is 1. The first-order valence-electron chi connectivity index (χ1n) is 6.27. The van der Waals surface area contributed by atoms with Crippen LogP contribution in [0.1, 0.15) is 33.6 Å². The number of hydrogen-bond acceptors (Lipinski definition) is 5. The summed E-state index contributed by atoms with van der Waals surface area (Å²) in [5.41, 5.74) is 0. The van der Waals surface area contributed by atoms with Crippen LogP contribution in [0.25, 0.3) is 0 Å². The normalized spacial score (nSPS) is 16.0. The second kappa shape index (κ2) is 5.48. The molecule has 0 spiro atoms. The zero-order chi connectivity index (χ0) is 14.8. The van der Waals surface area contributed by atoms with Crippen molar-refractivity contribution >= 4 is 21.7 Å². The molecule has 7 heteroatoms. The van der Waals surface area contributed by atoms with Crippen molar-refractivity contribution < 1.29 is 22.7 Å². The molecule has 1 aliphatic carbocycles. The number of hydrogen-bond donors (Lipinski definition) is 0. The Bertz CT molecular complexity index is 465. The van der Waals surface area contributed by atoms with Crippen molar-refractivity contribution in [3.8, 4) is 0 Å². The van der Waals surface area contributed by atoms with Crippen LogP contribution in [-0.4, -0.2) is 55.4 Å². The SMILES string of the molecule is CCOC(=O)CN(C(=O)C(C)(C)S(C)(=O)=O)C1CC1. The number of sulfone groups is 1. The molecule has 0 aromatic rings. The van der Waals surface area contributed by atoms with Gasteiger partial charge in [0.1, 0.15) is 11.3 Å². The van der Waals surface area contributed by atoms with Crippen LogP contribution in [0.4, 0.5) is 0 Å². The number of carbonyl (C=O) groups excluding carboxylic acids is 2. The lowest BCUT2D eigenvalue weighted by Crippen LogP contribution is -2.52. The summed E-state index contributed by atoms with van der Waals surface area (Å²) in [6.45, 7) is 4.47. The average Bonchev–Trinajstić information content (AvgIpc) is 3.07. The Morgan fingerprint density at radius 1 is 1.32 bits per heavy atom. The van der Waals surface area contributed by atoms with E-state index in [9.17, 15) is 18.0 Å². The molecule has 19 heavy (non-hydrogen) atoms. The predicted molar refractivity (Wildman–Crippen MR) is 70.3 cm³/mol. The third kappa shape index (κ3) is 3.68. The minimum absolute atomic E-state index is 0.0436. The monoisotopic (exact) mass is 291 g/mol. The van der Waals surface area contributed by atoms with Crippen molar-refractivity contribution in [3.05, 3.63) is 0 Å². The highest BCUT2D eigenvalue weighted by atomic mass is 32.2. The van der Waals surface area contributed by atoms with E-state index >= 15 is 0 Å². The molecular weight excluding hydrogens is 270 g/mol. The Morgan fingerprint density at radius 3 is 2.21 bits per heavy atom. The molecule has 0 aromatic carbocycles. The Morgan fingerprint density at radius 2 is 1.84 bits per heavy atom. The number of rotatable bonds is 6. The van der Waals surface area contributed by atoms with Gasteiger partial charge in [-0.3, -0.25) is 9.59 Å². The summed E-state index contributed by atoms with van der Waals surface area (Å²) in [6.07, 6.45) is 2.62. The molecule has 0 atom stereocenters. The highest BCUT2D eigenvalue weighted by Crippen LogP contribution is 2.30. The van der Waals surface area contributed by atoms with Gasteiger partial charge in [0.05, 0.1) is 6.61 Å². The minimum atomic E-state index is -3.54. The Kier molecular flexibility index (Phi) is 4.60. The van der Waals surface area contributed by atoms with Gasteiger partial charge in [-0.05, 0) is 33.6 Å². The molecule has 0 heterocycles. The highest BCUT2D eigenvalue weighted by Gasteiger charge is 2.46. The summed E-state index contributed by atoms with van der Waals surface area (Å²) < 4.78 is 26.7. The van der Waals surface area contributed by atoms with Crippen molar-refractivity contribution in [1.29, 1.82) is 0 Å². The third-order valence-electron chi connectivity index (χ3n) is 3.30. The molecular formula is C12H21NO5S. The predicted octanol–water partition coefficient (Wildman–Crippen LogP) is 0.364. The molecule has 0 bridgehead atoms. The largest absolute Gasteiger partial charge is 0.465 e. The Hall–Kier alpha value is -1.11. The topological polar surface area (TPSA) is 80.8 Å². The van der Waals surface area contributed by atoms with Crippen molar-refractivity contribution in [1.82, 2.24) is 4.90 Å². The highest BCUT2D eigenvalue weighted by molar-refractivity contribution is 7.92. The number of esters is 1. The molecule has 0 N–H and O–H groups in total. The number of ether oxygens (including phenoxy) is 1. The van der Waals surface area contributed by atoms with Gasteiger partial charge in [0.25, 0.3) is 0 Å². The van der Waals surface area contributed by atoms with Gasteiger partial charge in [-0.25, -0.2) is 8.42 Å². The van der Waals surface area contributed by atoms with Gasteiger partial charge in [-0.2, -0.15) is 0 Å². The molecule has 0 aliphatic heterocycles. The molecule has 1 aliphatic rings. The zero-order valence-electron chi connectivity index (χ0n) is 11.8. The molecule has 110 valence electrons. The second-order valence-electron chi connectivity index (χ2n) is 5.25. The van der Waals surface area contributed by atoms with Crippen LogP contribution >= 0.6 is 0 Å². The molecule has 1 amide bonds. The van der Waals surface area contributed by atoms with E-state index in [1.165, 1.54) is 18.7 Å². The first-order chi connectivity index (χ1) is 8.61. The maximum absolute atomic E-state index is 12.4. The van der Waals surface area contributed by atoms with E-state index < -0.39 is 26.5 Å². The lowest BCUT2D eigenvalue weighted by Gasteiger charge is -2.30. The lowest BCUT2D eigenvalue weighted by molar-refractivity contribution is -0.149. The zero-order valence-corrected chi connectivity index (χ0v) is 12.6. The van der Waals surface area contributed by atoms with Crippen LogP contribution in [0.3, 0.4) is 0 Å². The van der Waals surface area contributed by atoms with Gasteiger partial charge in [0, 0.05) is 12.3 Å². The first kappa shape index (κ1) is 15.9. The fourth-order valence-electron chi connectivity index (χ4n) is 1.60. The minimum Gasteiger partial charge on any atom is -0.465 e. The maximum atomic E-state index is 12.4. The van der Waals surface area contributed by atoms with E-state index in [1.807, 2.05) is 0 Å². The lowest BCUT2D eigenvalue weighted by atomic mass is 10.1. The number of carbonyl (C=O) groups is 2. The van der Waals surface area contributed by atoms with E-state index in [-0.39, 0.29) is 19.2 Å². The molecule has 6 nitrogen and oxygen atoms in total. The standard InChI is InChI=1S/C12H21NO5S/c1-5-18-10(14)8-13(9-6-7-9)11(15)12(2,3)19(4,16)17/h9H,5-8H2,1-4H3. The number of amides is 1. The van der Waals surface area contributed by atoms with E-state index in [1.54, 1.807) is 6.92 Å².